The molecule has 1 N–H and O–H groups in total. The molecule has 0 saturated heterocycles. The van der Waals surface area contributed by atoms with E-state index in [2.05, 4.69) is 5.32 Å². The molecule has 8 heteroatoms. The standard InChI is InChI=1S/C20H18F3NO4/c1-3-28-20(26)15(11-24-10-12-4-6-14(27-2)7-5-12)19(25)18-16(22)8-13(21)9-17(18)23/h4-9,11,24H,3,10H2,1-2H3. The molecule has 2 aromatic rings. The number of hydrogen-bond acceptors (Lipinski definition) is 5. The van der Waals surface area contributed by atoms with Crippen molar-refractivity contribution in [3.63, 3.8) is 0 Å². The Hall–Kier alpha value is -3.29. The summed E-state index contributed by atoms with van der Waals surface area (Å²) >= 11 is 0. The van der Waals surface area contributed by atoms with Crippen molar-refractivity contribution in [3.05, 3.63) is 76.7 Å². The Morgan fingerprint density at radius 2 is 1.68 bits per heavy atom. The van der Waals surface area contributed by atoms with Gasteiger partial charge in [0.2, 0.25) is 5.78 Å². The SMILES string of the molecule is CCOC(=O)C(=CNCc1ccc(OC)cc1)C(=O)c1c(F)cc(F)cc1F. The molecule has 0 saturated carbocycles. The number of carbonyl (C=O) groups excluding carboxylic acids is 2. The molecule has 0 atom stereocenters. The summed E-state index contributed by atoms with van der Waals surface area (Å²) in [5.74, 6) is -5.65. The van der Waals surface area contributed by atoms with Crippen LogP contribution >= 0.6 is 0 Å². The van der Waals surface area contributed by atoms with E-state index in [0.717, 1.165) is 11.8 Å². The average Bonchev–Trinajstić information content (AvgIpc) is 2.65. The summed E-state index contributed by atoms with van der Waals surface area (Å²) in [6, 6.07) is 7.69. The van der Waals surface area contributed by atoms with E-state index in [-0.39, 0.29) is 13.2 Å². The van der Waals surface area contributed by atoms with Crippen molar-refractivity contribution in [2.45, 2.75) is 13.5 Å². The maximum Gasteiger partial charge on any atom is 0.343 e. The van der Waals surface area contributed by atoms with Crippen LogP contribution in [0, 0.1) is 17.5 Å². The molecule has 0 heterocycles. The summed E-state index contributed by atoms with van der Waals surface area (Å²) in [6.45, 7) is 1.69. The fourth-order valence-corrected chi connectivity index (χ4v) is 2.33. The maximum absolute atomic E-state index is 13.9. The van der Waals surface area contributed by atoms with Gasteiger partial charge in [0.15, 0.2) is 0 Å². The van der Waals surface area contributed by atoms with E-state index in [1.165, 1.54) is 14.0 Å². The maximum atomic E-state index is 13.9. The second-order valence-corrected chi connectivity index (χ2v) is 5.58. The molecule has 0 spiro atoms. The summed E-state index contributed by atoms with van der Waals surface area (Å²) in [5.41, 5.74) is -0.849. The van der Waals surface area contributed by atoms with Crippen LogP contribution in [0.15, 0.2) is 48.2 Å². The first-order valence-corrected chi connectivity index (χ1v) is 8.30. The second kappa shape index (κ2) is 9.59. The highest BCUT2D eigenvalue weighted by Gasteiger charge is 2.27. The quantitative estimate of drug-likeness (QED) is 0.244. The van der Waals surface area contributed by atoms with Crippen molar-refractivity contribution in [1.82, 2.24) is 5.32 Å². The Balaban J connectivity index is 2.27. The third kappa shape index (κ3) is 5.12. The first kappa shape index (κ1) is 21.0. The highest BCUT2D eigenvalue weighted by atomic mass is 19.1. The van der Waals surface area contributed by atoms with E-state index in [0.29, 0.717) is 17.9 Å². The predicted molar refractivity (Wildman–Crippen MR) is 95.2 cm³/mol. The van der Waals surface area contributed by atoms with Crippen molar-refractivity contribution in [2.24, 2.45) is 0 Å². The van der Waals surface area contributed by atoms with Crippen LogP contribution in [0.3, 0.4) is 0 Å². The molecular weight excluding hydrogens is 375 g/mol. The minimum Gasteiger partial charge on any atom is -0.497 e. The lowest BCUT2D eigenvalue weighted by atomic mass is 10.0. The zero-order chi connectivity index (χ0) is 20.7. The van der Waals surface area contributed by atoms with Crippen LogP contribution in [0.4, 0.5) is 13.2 Å². The van der Waals surface area contributed by atoms with Gasteiger partial charge in [-0.15, -0.1) is 0 Å². The number of ketones is 1. The lowest BCUT2D eigenvalue weighted by molar-refractivity contribution is -0.138. The molecule has 0 fully saturated rings. The molecule has 2 aromatic carbocycles. The number of rotatable bonds is 8. The lowest BCUT2D eigenvalue weighted by Gasteiger charge is -2.10. The number of hydrogen-bond donors (Lipinski definition) is 1. The van der Waals surface area contributed by atoms with Gasteiger partial charge in [0, 0.05) is 24.9 Å². The minimum atomic E-state index is -1.41. The van der Waals surface area contributed by atoms with Gasteiger partial charge in [-0.25, -0.2) is 18.0 Å². The summed E-state index contributed by atoms with van der Waals surface area (Å²) in [6.07, 6.45) is 1.02. The van der Waals surface area contributed by atoms with Gasteiger partial charge < -0.3 is 14.8 Å². The minimum absolute atomic E-state index is 0.0453. The van der Waals surface area contributed by atoms with Crippen molar-refractivity contribution < 1.29 is 32.2 Å². The van der Waals surface area contributed by atoms with E-state index in [4.69, 9.17) is 9.47 Å². The number of Topliss-reactive ketones (excluding diaryl/α,β-unsaturated/α-hetero) is 1. The molecule has 28 heavy (non-hydrogen) atoms. The average molecular weight is 393 g/mol. The molecule has 0 aliphatic rings. The largest absolute Gasteiger partial charge is 0.497 e. The van der Waals surface area contributed by atoms with Crippen LogP contribution in [-0.4, -0.2) is 25.5 Å². The highest BCUT2D eigenvalue weighted by Crippen LogP contribution is 2.19. The van der Waals surface area contributed by atoms with E-state index >= 15 is 0 Å². The molecule has 0 aliphatic carbocycles. The van der Waals surface area contributed by atoms with E-state index in [1.54, 1.807) is 24.3 Å². The zero-order valence-electron chi connectivity index (χ0n) is 15.2. The Labute approximate surface area is 159 Å². The number of methoxy groups -OCH3 is 1. The molecule has 2 rings (SSSR count). The van der Waals surface area contributed by atoms with E-state index in [9.17, 15) is 22.8 Å². The fraction of sp³-hybridized carbons (Fsp3) is 0.200. The third-order valence-corrected chi connectivity index (χ3v) is 3.69. The second-order valence-electron chi connectivity index (χ2n) is 5.58. The number of nitrogens with one attached hydrogen (secondary N) is 1. The van der Waals surface area contributed by atoms with Gasteiger partial charge in [0.25, 0.3) is 0 Å². The molecule has 0 amide bonds. The first-order valence-electron chi connectivity index (χ1n) is 8.30. The van der Waals surface area contributed by atoms with Crippen molar-refractivity contribution >= 4 is 11.8 Å². The van der Waals surface area contributed by atoms with Gasteiger partial charge in [-0.3, -0.25) is 4.79 Å². The van der Waals surface area contributed by atoms with Gasteiger partial charge in [-0.1, -0.05) is 12.1 Å². The summed E-state index contributed by atoms with van der Waals surface area (Å²) in [4.78, 5) is 24.6. The summed E-state index contributed by atoms with van der Waals surface area (Å²) in [5, 5.41) is 2.74. The summed E-state index contributed by atoms with van der Waals surface area (Å²) < 4.78 is 50.7. The number of carbonyl (C=O) groups is 2. The Bertz CT molecular complexity index is 872. The number of benzene rings is 2. The monoisotopic (exact) mass is 393 g/mol. The highest BCUT2D eigenvalue weighted by molar-refractivity contribution is 6.24. The van der Waals surface area contributed by atoms with Crippen LogP contribution in [-0.2, 0) is 16.1 Å². The van der Waals surface area contributed by atoms with Gasteiger partial charge >= 0.3 is 5.97 Å². The number of halogens is 3. The topological polar surface area (TPSA) is 64.6 Å². The van der Waals surface area contributed by atoms with Crippen LogP contribution in [0.1, 0.15) is 22.8 Å². The first-order chi connectivity index (χ1) is 13.4. The molecule has 0 unspecified atom stereocenters. The van der Waals surface area contributed by atoms with E-state index in [1.807, 2.05) is 0 Å². The van der Waals surface area contributed by atoms with Crippen molar-refractivity contribution in [3.8, 4) is 5.75 Å². The molecular formula is C20H18F3NO4. The molecule has 0 aromatic heterocycles. The Morgan fingerprint density at radius 1 is 1.07 bits per heavy atom. The Morgan fingerprint density at radius 3 is 2.21 bits per heavy atom. The van der Waals surface area contributed by atoms with Crippen LogP contribution in [0.5, 0.6) is 5.75 Å². The molecule has 0 bridgehead atoms. The van der Waals surface area contributed by atoms with Crippen molar-refractivity contribution in [2.75, 3.05) is 13.7 Å². The fourth-order valence-electron chi connectivity index (χ4n) is 2.33. The normalized spacial score (nSPS) is 11.1. The number of esters is 1. The van der Waals surface area contributed by atoms with Gasteiger partial charge in [0.05, 0.1) is 19.3 Å². The number of ether oxygens (including phenoxy) is 2. The molecule has 0 radical (unpaired) electrons. The molecule has 5 nitrogen and oxygen atoms in total. The van der Waals surface area contributed by atoms with Crippen molar-refractivity contribution in [1.29, 1.82) is 0 Å². The third-order valence-electron chi connectivity index (χ3n) is 3.69. The van der Waals surface area contributed by atoms with E-state index < -0.39 is 40.3 Å². The van der Waals surface area contributed by atoms with Crippen LogP contribution in [0.25, 0.3) is 0 Å². The lowest BCUT2D eigenvalue weighted by Crippen LogP contribution is -2.21. The van der Waals surface area contributed by atoms with Gasteiger partial charge in [0.1, 0.15) is 28.8 Å². The van der Waals surface area contributed by atoms with Gasteiger partial charge in [-0.2, -0.15) is 0 Å². The zero-order valence-corrected chi connectivity index (χ0v) is 15.2. The smallest absolute Gasteiger partial charge is 0.343 e. The van der Waals surface area contributed by atoms with Crippen LogP contribution < -0.4 is 10.1 Å². The molecule has 148 valence electrons. The van der Waals surface area contributed by atoms with Gasteiger partial charge in [-0.05, 0) is 24.6 Å². The summed E-state index contributed by atoms with van der Waals surface area (Å²) in [7, 11) is 1.53. The Kier molecular flexibility index (Phi) is 7.20. The van der Waals surface area contributed by atoms with Crippen LogP contribution in [0.2, 0.25) is 0 Å². The molecule has 0 aliphatic heterocycles. The predicted octanol–water partition coefficient (Wildman–Crippen LogP) is 3.53.